The quantitative estimate of drug-likeness (QED) is 0.530. The number of carbonyl (C=O) groups excluding carboxylic acids is 2. The summed E-state index contributed by atoms with van der Waals surface area (Å²) in [6.07, 6.45) is 3.61. The van der Waals surface area contributed by atoms with Crippen LogP contribution in [0, 0.1) is 0 Å². The molecule has 0 radical (unpaired) electrons. The van der Waals surface area contributed by atoms with Crippen molar-refractivity contribution in [3.05, 3.63) is 64.6 Å². The molecule has 1 N–H and O–H groups in total. The SMILES string of the molecule is CCc1ccc(C=C2Sc3ccccc3N(CC(=O)NCCCOC)C2=O)cc1. The first kappa shape index (κ1) is 21.1. The Morgan fingerprint density at radius 2 is 1.93 bits per heavy atom. The lowest BCUT2D eigenvalue weighted by Gasteiger charge is -2.29. The van der Waals surface area contributed by atoms with Crippen LogP contribution in [0.15, 0.2) is 58.3 Å². The molecule has 0 saturated carbocycles. The normalized spacial score (nSPS) is 14.8. The van der Waals surface area contributed by atoms with Gasteiger partial charge in [-0.05, 0) is 42.2 Å². The second-order valence-electron chi connectivity index (χ2n) is 6.76. The van der Waals surface area contributed by atoms with Crippen molar-refractivity contribution in [2.75, 3.05) is 31.7 Å². The van der Waals surface area contributed by atoms with Gasteiger partial charge < -0.3 is 10.1 Å². The first-order valence-corrected chi connectivity index (χ1v) is 10.6. The zero-order chi connectivity index (χ0) is 20.6. The number of nitrogens with one attached hydrogen (secondary N) is 1. The van der Waals surface area contributed by atoms with Gasteiger partial charge in [-0.25, -0.2) is 0 Å². The Balaban J connectivity index is 1.80. The Bertz CT molecular complexity index is 893. The van der Waals surface area contributed by atoms with E-state index in [0.717, 1.165) is 29.0 Å². The van der Waals surface area contributed by atoms with E-state index >= 15 is 0 Å². The highest BCUT2D eigenvalue weighted by atomic mass is 32.2. The van der Waals surface area contributed by atoms with Gasteiger partial charge in [0.05, 0.1) is 10.6 Å². The molecular weight excluding hydrogens is 384 g/mol. The molecule has 0 unspecified atom stereocenters. The average Bonchev–Trinajstić information content (AvgIpc) is 2.74. The molecule has 0 bridgehead atoms. The molecule has 29 heavy (non-hydrogen) atoms. The number of rotatable bonds is 8. The fourth-order valence-corrected chi connectivity index (χ4v) is 4.12. The Morgan fingerprint density at radius 3 is 2.66 bits per heavy atom. The van der Waals surface area contributed by atoms with E-state index in [1.807, 2.05) is 42.5 Å². The van der Waals surface area contributed by atoms with Gasteiger partial charge >= 0.3 is 0 Å². The third kappa shape index (κ3) is 5.49. The summed E-state index contributed by atoms with van der Waals surface area (Å²) in [5.74, 6) is -0.330. The van der Waals surface area contributed by atoms with Crippen LogP contribution in [0.2, 0.25) is 0 Å². The van der Waals surface area contributed by atoms with Crippen molar-refractivity contribution in [2.24, 2.45) is 0 Å². The van der Waals surface area contributed by atoms with E-state index in [2.05, 4.69) is 24.4 Å². The van der Waals surface area contributed by atoms with Gasteiger partial charge in [-0.1, -0.05) is 55.1 Å². The van der Waals surface area contributed by atoms with E-state index in [1.165, 1.54) is 17.3 Å². The van der Waals surface area contributed by atoms with Gasteiger partial charge in [0, 0.05) is 25.2 Å². The summed E-state index contributed by atoms with van der Waals surface area (Å²) in [7, 11) is 1.63. The van der Waals surface area contributed by atoms with Crippen molar-refractivity contribution in [2.45, 2.75) is 24.7 Å². The number of benzene rings is 2. The van der Waals surface area contributed by atoms with Crippen LogP contribution in [0.1, 0.15) is 24.5 Å². The molecule has 0 spiro atoms. The zero-order valence-corrected chi connectivity index (χ0v) is 17.6. The van der Waals surface area contributed by atoms with Crippen molar-refractivity contribution in [3.63, 3.8) is 0 Å². The molecule has 0 aliphatic carbocycles. The number of nitrogens with zero attached hydrogens (tertiary/aromatic N) is 1. The van der Waals surface area contributed by atoms with E-state index in [0.29, 0.717) is 18.1 Å². The van der Waals surface area contributed by atoms with Gasteiger partial charge in [0.15, 0.2) is 0 Å². The maximum Gasteiger partial charge on any atom is 0.265 e. The van der Waals surface area contributed by atoms with Crippen molar-refractivity contribution >= 4 is 35.3 Å². The number of ether oxygens (including phenoxy) is 1. The minimum Gasteiger partial charge on any atom is -0.385 e. The number of hydrogen-bond acceptors (Lipinski definition) is 4. The van der Waals surface area contributed by atoms with Crippen molar-refractivity contribution in [1.82, 2.24) is 5.32 Å². The molecular formula is C23H26N2O3S. The average molecular weight is 411 g/mol. The monoisotopic (exact) mass is 410 g/mol. The van der Waals surface area contributed by atoms with Crippen LogP contribution in [0.25, 0.3) is 6.08 Å². The predicted octanol–water partition coefficient (Wildman–Crippen LogP) is 3.88. The maximum absolute atomic E-state index is 13.2. The van der Waals surface area contributed by atoms with Crippen molar-refractivity contribution in [1.29, 1.82) is 0 Å². The standard InChI is InChI=1S/C23H26N2O3S/c1-3-17-9-11-18(12-10-17)15-21-23(27)25(16-22(26)24-13-6-14-28-2)19-7-4-5-8-20(19)29-21/h4-5,7-12,15H,3,6,13-14,16H2,1-2H3,(H,24,26). The molecule has 2 aromatic carbocycles. The van der Waals surface area contributed by atoms with E-state index in [-0.39, 0.29) is 18.4 Å². The number of para-hydroxylation sites is 1. The summed E-state index contributed by atoms with van der Waals surface area (Å²) >= 11 is 1.45. The molecule has 0 saturated heterocycles. The smallest absolute Gasteiger partial charge is 0.265 e. The van der Waals surface area contributed by atoms with Gasteiger partial charge in [-0.15, -0.1) is 0 Å². The number of thioether (sulfide) groups is 1. The largest absolute Gasteiger partial charge is 0.385 e. The predicted molar refractivity (Wildman–Crippen MR) is 118 cm³/mol. The van der Waals surface area contributed by atoms with Gasteiger partial charge in [-0.3, -0.25) is 14.5 Å². The molecule has 0 atom stereocenters. The van der Waals surface area contributed by atoms with Crippen LogP contribution in [0.5, 0.6) is 0 Å². The molecule has 0 aromatic heterocycles. The lowest BCUT2D eigenvalue weighted by atomic mass is 10.1. The topological polar surface area (TPSA) is 58.6 Å². The van der Waals surface area contributed by atoms with Crippen LogP contribution in [-0.2, 0) is 20.7 Å². The van der Waals surface area contributed by atoms with Gasteiger partial charge in [0.1, 0.15) is 6.54 Å². The molecule has 2 amide bonds. The number of carbonyl (C=O) groups is 2. The van der Waals surface area contributed by atoms with E-state index < -0.39 is 0 Å². The fourth-order valence-electron chi connectivity index (χ4n) is 3.06. The Kier molecular flexibility index (Phi) is 7.49. The third-order valence-corrected chi connectivity index (χ3v) is 5.74. The minimum atomic E-state index is -0.178. The maximum atomic E-state index is 13.2. The number of hydrogen-bond donors (Lipinski definition) is 1. The Labute approximate surface area is 176 Å². The second-order valence-corrected chi connectivity index (χ2v) is 7.84. The van der Waals surface area contributed by atoms with Crippen LogP contribution in [-0.4, -0.2) is 38.6 Å². The van der Waals surface area contributed by atoms with Crippen LogP contribution < -0.4 is 10.2 Å². The number of anilines is 1. The molecule has 1 aliphatic rings. The number of methoxy groups -OCH3 is 1. The molecule has 3 rings (SSSR count). The summed E-state index contributed by atoms with van der Waals surface area (Å²) in [5.41, 5.74) is 3.00. The first-order chi connectivity index (χ1) is 14.1. The minimum absolute atomic E-state index is 0.00446. The van der Waals surface area contributed by atoms with E-state index in [1.54, 1.807) is 12.0 Å². The summed E-state index contributed by atoms with van der Waals surface area (Å²) in [4.78, 5) is 28.7. The fraction of sp³-hybridized carbons (Fsp3) is 0.304. The summed E-state index contributed by atoms with van der Waals surface area (Å²) in [6.45, 7) is 3.22. The molecule has 152 valence electrons. The van der Waals surface area contributed by atoms with Gasteiger partial charge in [0.25, 0.3) is 5.91 Å². The molecule has 6 heteroatoms. The summed E-state index contributed by atoms with van der Waals surface area (Å²) in [5, 5.41) is 2.85. The van der Waals surface area contributed by atoms with E-state index in [4.69, 9.17) is 4.74 Å². The molecule has 1 aliphatic heterocycles. The molecule has 0 fully saturated rings. The highest BCUT2D eigenvalue weighted by molar-refractivity contribution is 8.04. The summed E-state index contributed by atoms with van der Waals surface area (Å²) in [6, 6.07) is 15.9. The van der Waals surface area contributed by atoms with Crippen molar-refractivity contribution in [3.8, 4) is 0 Å². The highest BCUT2D eigenvalue weighted by Crippen LogP contribution is 2.41. The number of fused-ring (bicyclic) bond motifs is 1. The number of aryl methyl sites for hydroxylation is 1. The van der Waals surface area contributed by atoms with Gasteiger partial charge in [-0.2, -0.15) is 0 Å². The summed E-state index contributed by atoms with van der Waals surface area (Å²) < 4.78 is 5.00. The molecule has 5 nitrogen and oxygen atoms in total. The third-order valence-electron chi connectivity index (χ3n) is 4.67. The van der Waals surface area contributed by atoms with Crippen LogP contribution >= 0.6 is 11.8 Å². The molecule has 1 heterocycles. The second kappa shape index (κ2) is 10.3. The van der Waals surface area contributed by atoms with Crippen molar-refractivity contribution < 1.29 is 14.3 Å². The lowest BCUT2D eigenvalue weighted by Crippen LogP contribution is -2.43. The molecule has 2 aromatic rings. The van der Waals surface area contributed by atoms with Crippen LogP contribution in [0.4, 0.5) is 5.69 Å². The Hall–Kier alpha value is -2.57. The first-order valence-electron chi connectivity index (χ1n) is 9.77. The highest BCUT2D eigenvalue weighted by Gasteiger charge is 2.30. The van der Waals surface area contributed by atoms with Crippen LogP contribution in [0.3, 0.4) is 0 Å². The zero-order valence-electron chi connectivity index (χ0n) is 16.8. The van der Waals surface area contributed by atoms with Gasteiger partial charge in [0.2, 0.25) is 5.91 Å². The Morgan fingerprint density at radius 1 is 1.17 bits per heavy atom. The van der Waals surface area contributed by atoms with E-state index in [9.17, 15) is 9.59 Å². The number of amides is 2. The lowest BCUT2D eigenvalue weighted by molar-refractivity contribution is -0.122.